The molecule has 0 fully saturated rings. The molecule has 0 spiro atoms. The molecule has 21 heavy (non-hydrogen) atoms. The molecule has 0 aliphatic rings. The summed E-state index contributed by atoms with van der Waals surface area (Å²) < 4.78 is 46.5. The number of hydrogen-bond donors (Lipinski definition) is 1. The summed E-state index contributed by atoms with van der Waals surface area (Å²) in [5.41, 5.74) is 1.07. The Morgan fingerprint density at radius 3 is 2.57 bits per heavy atom. The predicted molar refractivity (Wildman–Crippen MR) is 78.7 cm³/mol. The van der Waals surface area contributed by atoms with Crippen LogP contribution in [-0.4, -0.2) is 39.6 Å². The van der Waals surface area contributed by atoms with Gasteiger partial charge in [-0.25, -0.2) is 0 Å². The van der Waals surface area contributed by atoms with E-state index in [1.807, 2.05) is 18.2 Å². The highest BCUT2D eigenvalue weighted by atomic mass is 79.9. The van der Waals surface area contributed by atoms with Crippen molar-refractivity contribution in [3.8, 4) is 5.75 Å². The maximum Gasteiger partial charge on any atom is 0.411 e. The third kappa shape index (κ3) is 7.15. The van der Waals surface area contributed by atoms with Gasteiger partial charge in [0.05, 0.1) is 11.6 Å². The van der Waals surface area contributed by atoms with E-state index < -0.39 is 12.8 Å². The number of likely N-dealkylation sites (N-methyl/N-ethyl adjacent to an activating group) is 1. The fourth-order valence-corrected chi connectivity index (χ4v) is 2.47. The second-order valence-corrected chi connectivity index (χ2v) is 5.47. The number of benzene rings is 1. The Bertz CT molecular complexity index is 441. The zero-order chi connectivity index (χ0) is 15.9. The van der Waals surface area contributed by atoms with E-state index in [0.717, 1.165) is 15.8 Å². The first-order chi connectivity index (χ1) is 9.85. The van der Waals surface area contributed by atoms with Gasteiger partial charge in [-0.15, -0.1) is 0 Å². The Balaban J connectivity index is 2.45. The highest BCUT2D eigenvalue weighted by molar-refractivity contribution is 9.10. The van der Waals surface area contributed by atoms with Gasteiger partial charge in [-0.2, -0.15) is 13.2 Å². The molecule has 1 aromatic rings. The molecule has 3 nitrogen and oxygen atoms in total. The van der Waals surface area contributed by atoms with E-state index >= 15 is 0 Å². The number of halogens is 4. The number of methoxy groups -OCH3 is 1. The minimum absolute atomic E-state index is 0.0542. The quantitative estimate of drug-likeness (QED) is 0.710. The van der Waals surface area contributed by atoms with Gasteiger partial charge in [0.2, 0.25) is 0 Å². The van der Waals surface area contributed by atoms with Crippen molar-refractivity contribution in [1.29, 1.82) is 0 Å². The predicted octanol–water partition coefficient (Wildman–Crippen LogP) is 3.56. The molecule has 0 aromatic heterocycles. The van der Waals surface area contributed by atoms with Crippen LogP contribution in [0.15, 0.2) is 22.7 Å². The molecule has 0 saturated heterocycles. The summed E-state index contributed by atoms with van der Waals surface area (Å²) in [4.78, 5) is 0. The third-order valence-corrected chi connectivity index (χ3v) is 3.60. The van der Waals surface area contributed by atoms with Crippen LogP contribution in [0.5, 0.6) is 5.75 Å². The van der Waals surface area contributed by atoms with Gasteiger partial charge >= 0.3 is 6.18 Å². The molecule has 1 N–H and O–H groups in total. The molecule has 1 aromatic carbocycles. The second kappa shape index (κ2) is 8.60. The zero-order valence-corrected chi connectivity index (χ0v) is 13.6. The van der Waals surface area contributed by atoms with Crippen molar-refractivity contribution in [2.24, 2.45) is 0 Å². The van der Waals surface area contributed by atoms with E-state index in [-0.39, 0.29) is 12.6 Å². The normalized spacial score (nSPS) is 13.2. The fraction of sp³-hybridized carbons (Fsp3) is 0.571. The summed E-state index contributed by atoms with van der Waals surface area (Å²) in [5, 5.41) is 3.09. The molecule has 0 aliphatic carbocycles. The molecule has 0 heterocycles. The van der Waals surface area contributed by atoms with Gasteiger partial charge in [-0.1, -0.05) is 6.07 Å². The van der Waals surface area contributed by atoms with Gasteiger partial charge < -0.3 is 14.8 Å². The van der Waals surface area contributed by atoms with Gasteiger partial charge in [-0.3, -0.25) is 0 Å². The van der Waals surface area contributed by atoms with E-state index in [0.29, 0.717) is 12.8 Å². The summed E-state index contributed by atoms with van der Waals surface area (Å²) in [6, 6.07) is 5.79. The second-order valence-electron chi connectivity index (χ2n) is 4.62. The maximum atomic E-state index is 12.0. The Kier molecular flexibility index (Phi) is 7.48. The number of nitrogens with one attached hydrogen (secondary N) is 1. The van der Waals surface area contributed by atoms with Gasteiger partial charge in [0.25, 0.3) is 0 Å². The minimum atomic E-state index is -4.27. The molecule has 120 valence electrons. The van der Waals surface area contributed by atoms with Crippen molar-refractivity contribution < 1.29 is 22.6 Å². The third-order valence-electron chi connectivity index (χ3n) is 2.98. The molecule has 0 aliphatic heterocycles. The molecule has 1 unspecified atom stereocenters. The summed E-state index contributed by atoms with van der Waals surface area (Å²) in [6.45, 7) is -1.13. The Morgan fingerprint density at radius 2 is 2.05 bits per heavy atom. The van der Waals surface area contributed by atoms with Crippen molar-refractivity contribution in [3.05, 3.63) is 28.2 Å². The van der Waals surface area contributed by atoms with Crippen molar-refractivity contribution in [1.82, 2.24) is 5.32 Å². The molecule has 1 atom stereocenters. The van der Waals surface area contributed by atoms with E-state index in [1.54, 1.807) is 14.2 Å². The Hall–Kier alpha value is -0.790. The number of rotatable bonds is 8. The van der Waals surface area contributed by atoms with Crippen molar-refractivity contribution in [2.75, 3.05) is 27.4 Å². The summed E-state index contributed by atoms with van der Waals surface area (Å²) in [7, 11) is 3.38. The largest absolute Gasteiger partial charge is 0.496 e. The molecule has 0 saturated carbocycles. The van der Waals surface area contributed by atoms with Crippen LogP contribution >= 0.6 is 15.9 Å². The van der Waals surface area contributed by atoms with Crippen LogP contribution in [0.2, 0.25) is 0 Å². The highest BCUT2D eigenvalue weighted by Gasteiger charge is 2.27. The smallest absolute Gasteiger partial charge is 0.411 e. The van der Waals surface area contributed by atoms with Crippen LogP contribution in [0.3, 0.4) is 0 Å². The highest BCUT2D eigenvalue weighted by Crippen LogP contribution is 2.26. The van der Waals surface area contributed by atoms with Crippen LogP contribution in [0.25, 0.3) is 0 Å². The van der Waals surface area contributed by atoms with Gasteiger partial charge in [0.1, 0.15) is 12.4 Å². The lowest BCUT2D eigenvalue weighted by Crippen LogP contribution is -2.29. The molecular weight excluding hydrogens is 351 g/mol. The molecule has 7 heteroatoms. The lowest BCUT2D eigenvalue weighted by Gasteiger charge is -2.17. The SMILES string of the molecule is CNC(CCOCC(F)(F)F)Cc1ccc(OC)c(Br)c1. The van der Waals surface area contributed by atoms with Crippen LogP contribution < -0.4 is 10.1 Å². The van der Waals surface area contributed by atoms with E-state index in [1.165, 1.54) is 0 Å². The summed E-state index contributed by atoms with van der Waals surface area (Å²) in [6.07, 6.45) is -3.05. The summed E-state index contributed by atoms with van der Waals surface area (Å²) >= 11 is 3.41. The topological polar surface area (TPSA) is 30.5 Å². The standard InChI is InChI=1S/C14H19BrF3NO2/c1-19-11(5-6-21-9-14(16,17)18)7-10-3-4-13(20-2)12(15)8-10/h3-4,8,11,19H,5-7,9H2,1-2H3. The van der Waals surface area contributed by atoms with Crippen LogP contribution in [0.4, 0.5) is 13.2 Å². The van der Waals surface area contributed by atoms with Gasteiger partial charge in [0, 0.05) is 12.6 Å². The molecule has 1 rings (SSSR count). The fourth-order valence-electron chi connectivity index (χ4n) is 1.88. The summed E-state index contributed by atoms with van der Waals surface area (Å²) in [5.74, 6) is 0.744. The van der Waals surface area contributed by atoms with E-state index in [4.69, 9.17) is 4.74 Å². The van der Waals surface area contributed by atoms with Gasteiger partial charge in [-0.05, 0) is 53.5 Å². The first-order valence-electron chi connectivity index (χ1n) is 6.50. The Labute approximate surface area is 130 Å². The maximum absolute atomic E-state index is 12.0. The number of hydrogen-bond acceptors (Lipinski definition) is 3. The first kappa shape index (κ1) is 18.3. The Morgan fingerprint density at radius 1 is 1.33 bits per heavy atom. The number of ether oxygens (including phenoxy) is 2. The monoisotopic (exact) mass is 369 g/mol. The average Bonchev–Trinajstić information content (AvgIpc) is 2.41. The molecule has 0 radical (unpaired) electrons. The van der Waals surface area contributed by atoms with E-state index in [9.17, 15) is 13.2 Å². The van der Waals surface area contributed by atoms with Crippen LogP contribution in [0, 0.1) is 0 Å². The minimum Gasteiger partial charge on any atom is -0.496 e. The number of alkyl halides is 3. The van der Waals surface area contributed by atoms with Crippen molar-refractivity contribution in [3.63, 3.8) is 0 Å². The van der Waals surface area contributed by atoms with Crippen LogP contribution in [-0.2, 0) is 11.2 Å². The molecule has 0 amide bonds. The zero-order valence-electron chi connectivity index (χ0n) is 12.0. The first-order valence-corrected chi connectivity index (χ1v) is 7.29. The van der Waals surface area contributed by atoms with Crippen LogP contribution in [0.1, 0.15) is 12.0 Å². The molecular formula is C14H19BrF3NO2. The molecule has 0 bridgehead atoms. The van der Waals surface area contributed by atoms with Gasteiger partial charge in [0.15, 0.2) is 0 Å². The average molecular weight is 370 g/mol. The van der Waals surface area contributed by atoms with Crippen molar-refractivity contribution in [2.45, 2.75) is 25.1 Å². The lowest BCUT2D eigenvalue weighted by molar-refractivity contribution is -0.174. The van der Waals surface area contributed by atoms with Crippen molar-refractivity contribution >= 4 is 15.9 Å². The van der Waals surface area contributed by atoms with E-state index in [2.05, 4.69) is 26.0 Å². The lowest BCUT2D eigenvalue weighted by atomic mass is 10.0.